The van der Waals surface area contributed by atoms with Crippen molar-refractivity contribution in [2.24, 2.45) is 0 Å². The van der Waals surface area contributed by atoms with E-state index in [0.29, 0.717) is 15.6 Å². The Hall–Kier alpha value is 0.200. The molecule has 5 heteroatoms. The topological polar surface area (TPSA) is 40.5 Å². The highest BCUT2D eigenvalue weighted by atomic mass is 79.9. The van der Waals surface area contributed by atoms with Gasteiger partial charge in [0.15, 0.2) is 0 Å². The Morgan fingerprint density at radius 2 is 1.93 bits per heavy atom. The molecular formula is C9H9BrCl2O2. The fraction of sp³-hybridized carbons (Fsp3) is 0.333. The van der Waals surface area contributed by atoms with Crippen LogP contribution in [0.1, 0.15) is 11.7 Å². The normalized spacial score (nSPS) is 15.2. The summed E-state index contributed by atoms with van der Waals surface area (Å²) in [6, 6.07) is 4.75. The highest BCUT2D eigenvalue weighted by Crippen LogP contribution is 2.28. The van der Waals surface area contributed by atoms with E-state index in [9.17, 15) is 10.2 Å². The predicted molar refractivity (Wildman–Crippen MR) is 61.2 cm³/mol. The van der Waals surface area contributed by atoms with Crippen molar-refractivity contribution in [2.45, 2.75) is 12.2 Å². The van der Waals surface area contributed by atoms with Crippen LogP contribution in [0.3, 0.4) is 0 Å². The van der Waals surface area contributed by atoms with Crippen LogP contribution in [0, 0.1) is 0 Å². The summed E-state index contributed by atoms with van der Waals surface area (Å²) in [6.45, 7) is 0. The second kappa shape index (κ2) is 5.33. The van der Waals surface area contributed by atoms with Gasteiger partial charge in [-0.15, -0.1) is 0 Å². The van der Waals surface area contributed by atoms with E-state index in [-0.39, 0.29) is 5.33 Å². The third-order valence-electron chi connectivity index (χ3n) is 1.80. The van der Waals surface area contributed by atoms with Crippen molar-refractivity contribution in [3.63, 3.8) is 0 Å². The molecule has 78 valence electrons. The van der Waals surface area contributed by atoms with Crippen LogP contribution < -0.4 is 0 Å². The largest absolute Gasteiger partial charge is 0.389 e. The second-order valence-electron chi connectivity index (χ2n) is 2.83. The Bertz CT molecular complexity index is 320. The second-order valence-corrected chi connectivity index (χ2v) is 4.32. The van der Waals surface area contributed by atoms with Gasteiger partial charge in [0.2, 0.25) is 0 Å². The van der Waals surface area contributed by atoms with Crippen molar-refractivity contribution < 1.29 is 10.2 Å². The molecule has 2 unspecified atom stereocenters. The molecule has 0 spiro atoms. The lowest BCUT2D eigenvalue weighted by Crippen LogP contribution is -2.19. The first-order valence-corrected chi connectivity index (χ1v) is 5.81. The van der Waals surface area contributed by atoms with Crippen molar-refractivity contribution in [1.82, 2.24) is 0 Å². The monoisotopic (exact) mass is 298 g/mol. The number of rotatable bonds is 3. The first kappa shape index (κ1) is 12.3. The predicted octanol–water partition coefficient (Wildman–Crippen LogP) is 2.78. The molecule has 1 aromatic rings. The van der Waals surface area contributed by atoms with E-state index in [1.807, 2.05) is 0 Å². The van der Waals surface area contributed by atoms with Crippen LogP contribution in [0.2, 0.25) is 10.0 Å². The molecular weight excluding hydrogens is 291 g/mol. The van der Waals surface area contributed by atoms with Crippen LogP contribution in [0.15, 0.2) is 18.2 Å². The van der Waals surface area contributed by atoms with Gasteiger partial charge in [0, 0.05) is 20.9 Å². The molecule has 0 aliphatic heterocycles. The van der Waals surface area contributed by atoms with E-state index in [4.69, 9.17) is 23.2 Å². The summed E-state index contributed by atoms with van der Waals surface area (Å²) in [6.07, 6.45) is -1.92. The van der Waals surface area contributed by atoms with Crippen LogP contribution in [0.5, 0.6) is 0 Å². The number of alkyl halides is 1. The quantitative estimate of drug-likeness (QED) is 0.843. The maximum Gasteiger partial charge on any atom is 0.107 e. The minimum atomic E-state index is -1.03. The van der Waals surface area contributed by atoms with Gasteiger partial charge in [-0.3, -0.25) is 0 Å². The SMILES string of the molecule is OC(CBr)C(O)c1cc(Cl)ccc1Cl. The summed E-state index contributed by atoms with van der Waals surface area (Å²) >= 11 is 14.7. The lowest BCUT2D eigenvalue weighted by molar-refractivity contribution is 0.0343. The number of benzene rings is 1. The summed E-state index contributed by atoms with van der Waals surface area (Å²) in [5.41, 5.74) is 0.436. The van der Waals surface area contributed by atoms with Gasteiger partial charge in [-0.1, -0.05) is 39.1 Å². The first-order chi connectivity index (χ1) is 6.56. The molecule has 0 saturated carbocycles. The zero-order valence-electron chi connectivity index (χ0n) is 7.12. The van der Waals surface area contributed by atoms with Crippen molar-refractivity contribution in [3.8, 4) is 0 Å². The molecule has 0 bridgehead atoms. The maximum atomic E-state index is 9.67. The minimum absolute atomic E-state index is 0.275. The van der Waals surface area contributed by atoms with Gasteiger partial charge in [0.05, 0.1) is 6.10 Å². The van der Waals surface area contributed by atoms with Gasteiger partial charge in [0.25, 0.3) is 0 Å². The Morgan fingerprint density at radius 3 is 2.50 bits per heavy atom. The Balaban J connectivity index is 2.99. The summed E-state index contributed by atoms with van der Waals surface area (Å²) < 4.78 is 0. The third kappa shape index (κ3) is 2.84. The molecule has 2 nitrogen and oxygen atoms in total. The van der Waals surface area contributed by atoms with E-state index >= 15 is 0 Å². The van der Waals surface area contributed by atoms with Crippen molar-refractivity contribution >= 4 is 39.1 Å². The summed E-state index contributed by atoms with van der Waals surface area (Å²) in [7, 11) is 0. The van der Waals surface area contributed by atoms with Crippen molar-refractivity contribution in [2.75, 3.05) is 5.33 Å². The Morgan fingerprint density at radius 1 is 1.29 bits per heavy atom. The lowest BCUT2D eigenvalue weighted by Gasteiger charge is -2.17. The fourth-order valence-electron chi connectivity index (χ4n) is 1.03. The highest BCUT2D eigenvalue weighted by Gasteiger charge is 2.19. The summed E-state index contributed by atoms with van der Waals surface area (Å²) in [5.74, 6) is 0. The van der Waals surface area contributed by atoms with Crippen LogP contribution in [-0.4, -0.2) is 21.6 Å². The van der Waals surface area contributed by atoms with Gasteiger partial charge >= 0.3 is 0 Å². The van der Waals surface area contributed by atoms with Crippen molar-refractivity contribution in [1.29, 1.82) is 0 Å². The smallest absolute Gasteiger partial charge is 0.107 e. The van der Waals surface area contributed by atoms with Crippen LogP contribution >= 0.6 is 39.1 Å². The molecule has 0 fully saturated rings. The first-order valence-electron chi connectivity index (χ1n) is 3.93. The number of halogens is 3. The average molecular weight is 300 g/mol. The van der Waals surface area contributed by atoms with Crippen LogP contribution in [0.4, 0.5) is 0 Å². The molecule has 1 rings (SSSR count). The molecule has 0 amide bonds. The van der Waals surface area contributed by atoms with Gasteiger partial charge in [-0.25, -0.2) is 0 Å². The lowest BCUT2D eigenvalue weighted by atomic mass is 10.1. The van der Waals surface area contributed by atoms with Gasteiger partial charge in [-0.2, -0.15) is 0 Å². The maximum absolute atomic E-state index is 9.67. The zero-order chi connectivity index (χ0) is 10.7. The molecule has 1 aromatic carbocycles. The van der Waals surface area contributed by atoms with Crippen LogP contribution in [-0.2, 0) is 0 Å². The van der Waals surface area contributed by atoms with E-state index in [1.54, 1.807) is 18.2 Å². The molecule has 0 heterocycles. The van der Waals surface area contributed by atoms with E-state index in [0.717, 1.165) is 0 Å². The molecule has 2 atom stereocenters. The number of hydrogen-bond donors (Lipinski definition) is 2. The highest BCUT2D eigenvalue weighted by molar-refractivity contribution is 9.09. The molecule has 14 heavy (non-hydrogen) atoms. The zero-order valence-corrected chi connectivity index (χ0v) is 10.2. The van der Waals surface area contributed by atoms with Crippen molar-refractivity contribution in [3.05, 3.63) is 33.8 Å². The number of aliphatic hydroxyl groups is 2. The van der Waals surface area contributed by atoms with E-state index < -0.39 is 12.2 Å². The van der Waals surface area contributed by atoms with E-state index in [1.165, 1.54) is 0 Å². The van der Waals surface area contributed by atoms with Gasteiger partial charge in [0.1, 0.15) is 6.10 Å². The Labute approximate surface area is 101 Å². The molecule has 0 aliphatic carbocycles. The fourth-order valence-corrected chi connectivity index (χ4v) is 1.80. The molecule has 2 N–H and O–H groups in total. The third-order valence-corrected chi connectivity index (χ3v) is 3.04. The minimum Gasteiger partial charge on any atom is -0.389 e. The molecule has 0 radical (unpaired) electrons. The van der Waals surface area contributed by atoms with E-state index in [2.05, 4.69) is 15.9 Å². The molecule has 0 saturated heterocycles. The number of aliphatic hydroxyl groups excluding tert-OH is 2. The Kier molecular flexibility index (Phi) is 4.67. The van der Waals surface area contributed by atoms with Crippen LogP contribution in [0.25, 0.3) is 0 Å². The number of hydrogen-bond acceptors (Lipinski definition) is 2. The summed E-state index contributed by atoms with van der Waals surface area (Å²) in [4.78, 5) is 0. The molecule has 0 aliphatic rings. The average Bonchev–Trinajstić information content (AvgIpc) is 2.19. The standard InChI is InChI=1S/C9H9BrCl2O2/c10-4-8(13)9(14)6-3-5(11)1-2-7(6)12/h1-3,8-9,13-14H,4H2. The van der Waals surface area contributed by atoms with Gasteiger partial charge < -0.3 is 10.2 Å². The molecule has 0 aromatic heterocycles. The summed E-state index contributed by atoms with van der Waals surface area (Å²) in [5, 5.41) is 20.2. The van der Waals surface area contributed by atoms with Gasteiger partial charge in [-0.05, 0) is 18.2 Å².